The third kappa shape index (κ3) is 4.66. The van der Waals surface area contributed by atoms with E-state index in [1.807, 2.05) is 6.07 Å². The van der Waals surface area contributed by atoms with Crippen LogP contribution in [0.2, 0.25) is 0 Å². The average molecular weight is 373 g/mol. The molecular weight excluding hydrogens is 336 g/mol. The van der Waals surface area contributed by atoms with Crippen LogP contribution in [0.1, 0.15) is 83.3 Å². The van der Waals surface area contributed by atoms with Crippen LogP contribution in [-0.2, 0) is 11.8 Å². The van der Waals surface area contributed by atoms with E-state index in [-0.39, 0.29) is 17.6 Å². The summed E-state index contributed by atoms with van der Waals surface area (Å²) in [4.78, 5) is 12.4. The zero-order valence-corrected chi connectivity index (χ0v) is 17.3. The predicted molar refractivity (Wildman–Crippen MR) is 111 cm³/mol. The molecule has 1 aliphatic carbocycles. The van der Waals surface area contributed by atoms with Gasteiger partial charge in [0.2, 0.25) is 0 Å². The SMILES string of the molecule is CCCCCCC(CCC)NC(=O)Oc1ccc2c(c1)[C@]1(C)CCN[C@@H]1C2. The lowest BCUT2D eigenvalue weighted by atomic mass is 9.81. The van der Waals surface area contributed by atoms with Gasteiger partial charge in [-0.3, -0.25) is 0 Å². The van der Waals surface area contributed by atoms with Gasteiger partial charge in [0.15, 0.2) is 0 Å². The molecule has 3 rings (SSSR count). The Bertz CT molecular complexity index is 645. The van der Waals surface area contributed by atoms with Crippen LogP contribution in [0.4, 0.5) is 4.79 Å². The fourth-order valence-corrected chi connectivity index (χ4v) is 4.83. The van der Waals surface area contributed by atoms with E-state index in [9.17, 15) is 4.79 Å². The molecule has 1 amide bonds. The maximum Gasteiger partial charge on any atom is 0.412 e. The van der Waals surface area contributed by atoms with Crippen LogP contribution < -0.4 is 15.4 Å². The van der Waals surface area contributed by atoms with Gasteiger partial charge in [0, 0.05) is 17.5 Å². The summed E-state index contributed by atoms with van der Waals surface area (Å²) in [7, 11) is 0. The van der Waals surface area contributed by atoms with Crippen molar-refractivity contribution in [2.45, 2.75) is 96.1 Å². The highest BCUT2D eigenvalue weighted by atomic mass is 16.6. The van der Waals surface area contributed by atoms with Gasteiger partial charge in [-0.2, -0.15) is 0 Å². The lowest BCUT2D eigenvalue weighted by Gasteiger charge is -2.25. The Morgan fingerprint density at radius 2 is 2.11 bits per heavy atom. The van der Waals surface area contributed by atoms with Crippen LogP contribution in [0.3, 0.4) is 0 Å². The first-order valence-corrected chi connectivity index (χ1v) is 10.9. The Morgan fingerprint density at radius 1 is 1.26 bits per heavy atom. The number of benzene rings is 1. The number of rotatable bonds is 9. The van der Waals surface area contributed by atoms with E-state index in [1.165, 1.54) is 36.8 Å². The van der Waals surface area contributed by atoms with E-state index >= 15 is 0 Å². The highest BCUT2D eigenvalue weighted by Gasteiger charge is 2.46. The quantitative estimate of drug-likeness (QED) is 0.594. The summed E-state index contributed by atoms with van der Waals surface area (Å²) in [5.74, 6) is 0.668. The van der Waals surface area contributed by atoms with E-state index < -0.39 is 0 Å². The normalized spacial score (nSPS) is 24.3. The van der Waals surface area contributed by atoms with E-state index in [4.69, 9.17) is 4.74 Å². The molecule has 0 bridgehead atoms. The molecule has 1 unspecified atom stereocenters. The van der Waals surface area contributed by atoms with Gasteiger partial charge in [0.25, 0.3) is 0 Å². The number of hydrogen-bond acceptors (Lipinski definition) is 3. The molecule has 1 aliphatic heterocycles. The minimum atomic E-state index is -0.312. The standard InChI is InChI=1S/C23H36N2O2/c1-4-6-7-8-10-18(9-5-2)25-22(26)27-19-12-11-17-15-21-23(3,13-14-24-21)20(17)16-19/h11-12,16,18,21,24H,4-10,13-15H2,1-3H3,(H,25,26)/t18?,21-,23+/m1/s1. The minimum absolute atomic E-state index is 0.176. The van der Waals surface area contributed by atoms with Crippen molar-refractivity contribution in [1.82, 2.24) is 10.6 Å². The molecule has 1 heterocycles. The van der Waals surface area contributed by atoms with Crippen molar-refractivity contribution in [3.05, 3.63) is 29.3 Å². The van der Waals surface area contributed by atoms with Crippen molar-refractivity contribution in [1.29, 1.82) is 0 Å². The lowest BCUT2D eigenvalue weighted by molar-refractivity contribution is 0.194. The molecule has 0 aromatic heterocycles. The Labute approximate surface area is 164 Å². The summed E-state index contributed by atoms with van der Waals surface area (Å²) in [5, 5.41) is 6.71. The molecule has 2 aliphatic rings. The molecule has 4 heteroatoms. The van der Waals surface area contributed by atoms with Crippen molar-refractivity contribution < 1.29 is 9.53 Å². The fraction of sp³-hybridized carbons (Fsp3) is 0.696. The van der Waals surface area contributed by atoms with Gasteiger partial charge in [-0.1, -0.05) is 58.9 Å². The molecule has 0 radical (unpaired) electrons. The van der Waals surface area contributed by atoms with Crippen LogP contribution in [0.15, 0.2) is 18.2 Å². The van der Waals surface area contributed by atoms with Gasteiger partial charge in [0.05, 0.1) is 0 Å². The molecule has 1 aromatic carbocycles. The Balaban J connectivity index is 1.57. The van der Waals surface area contributed by atoms with Gasteiger partial charge in [-0.25, -0.2) is 4.79 Å². The van der Waals surface area contributed by atoms with Crippen LogP contribution in [0.5, 0.6) is 5.75 Å². The highest BCUT2D eigenvalue weighted by molar-refractivity contribution is 5.71. The second kappa shape index (κ2) is 9.09. The van der Waals surface area contributed by atoms with Crippen molar-refractivity contribution in [3.8, 4) is 5.75 Å². The van der Waals surface area contributed by atoms with E-state index in [1.54, 1.807) is 0 Å². The topological polar surface area (TPSA) is 50.4 Å². The number of nitrogens with one attached hydrogen (secondary N) is 2. The zero-order valence-electron chi connectivity index (χ0n) is 17.3. The number of fused-ring (bicyclic) bond motifs is 3. The summed E-state index contributed by atoms with van der Waals surface area (Å²) in [6.07, 6.45) is 9.96. The molecule has 27 heavy (non-hydrogen) atoms. The van der Waals surface area contributed by atoms with Gasteiger partial charge < -0.3 is 15.4 Å². The van der Waals surface area contributed by atoms with E-state index in [0.717, 1.165) is 38.6 Å². The molecule has 2 N–H and O–H groups in total. The van der Waals surface area contributed by atoms with Crippen LogP contribution in [-0.4, -0.2) is 24.7 Å². The highest BCUT2D eigenvalue weighted by Crippen LogP contribution is 2.45. The maximum atomic E-state index is 12.4. The molecule has 1 aromatic rings. The first-order chi connectivity index (χ1) is 13.1. The van der Waals surface area contributed by atoms with Crippen LogP contribution in [0, 0.1) is 0 Å². The Hall–Kier alpha value is -1.55. The molecule has 4 nitrogen and oxygen atoms in total. The van der Waals surface area contributed by atoms with Gasteiger partial charge >= 0.3 is 6.09 Å². The number of unbranched alkanes of at least 4 members (excludes halogenated alkanes) is 3. The summed E-state index contributed by atoms with van der Waals surface area (Å²) in [5.41, 5.74) is 2.92. The lowest BCUT2D eigenvalue weighted by Crippen LogP contribution is -2.37. The largest absolute Gasteiger partial charge is 0.412 e. The average Bonchev–Trinajstić information content (AvgIpc) is 3.13. The second-order valence-corrected chi connectivity index (χ2v) is 8.57. The van der Waals surface area contributed by atoms with Gasteiger partial charge in [0.1, 0.15) is 5.75 Å². The molecule has 0 saturated carbocycles. The third-order valence-electron chi connectivity index (χ3n) is 6.50. The predicted octanol–water partition coefficient (Wildman–Crippen LogP) is 5.09. The fourth-order valence-electron chi connectivity index (χ4n) is 4.83. The Kier molecular flexibility index (Phi) is 6.80. The molecule has 1 saturated heterocycles. The minimum Gasteiger partial charge on any atom is -0.410 e. The number of ether oxygens (including phenoxy) is 1. The first kappa shape index (κ1) is 20.2. The smallest absolute Gasteiger partial charge is 0.410 e. The molecular formula is C23H36N2O2. The van der Waals surface area contributed by atoms with E-state index in [0.29, 0.717) is 11.8 Å². The van der Waals surface area contributed by atoms with Gasteiger partial charge in [-0.15, -0.1) is 0 Å². The second-order valence-electron chi connectivity index (χ2n) is 8.57. The van der Waals surface area contributed by atoms with Crippen molar-refractivity contribution >= 4 is 6.09 Å². The Morgan fingerprint density at radius 3 is 2.89 bits per heavy atom. The first-order valence-electron chi connectivity index (χ1n) is 10.9. The number of carbonyl (C=O) groups excluding carboxylic acids is 1. The van der Waals surface area contributed by atoms with Crippen molar-refractivity contribution in [2.24, 2.45) is 0 Å². The summed E-state index contributed by atoms with van der Waals surface area (Å²) in [6, 6.07) is 6.91. The monoisotopic (exact) mass is 372 g/mol. The maximum absolute atomic E-state index is 12.4. The zero-order chi connectivity index (χ0) is 19.3. The number of hydrogen-bond donors (Lipinski definition) is 2. The summed E-state index contributed by atoms with van der Waals surface area (Å²) in [6.45, 7) is 7.79. The number of carbonyl (C=O) groups is 1. The van der Waals surface area contributed by atoms with Crippen molar-refractivity contribution in [2.75, 3.05) is 6.54 Å². The molecule has 0 spiro atoms. The third-order valence-corrected chi connectivity index (χ3v) is 6.50. The van der Waals surface area contributed by atoms with Crippen molar-refractivity contribution in [3.63, 3.8) is 0 Å². The van der Waals surface area contributed by atoms with E-state index in [2.05, 4.69) is 43.5 Å². The number of amides is 1. The molecule has 3 atom stereocenters. The molecule has 150 valence electrons. The summed E-state index contributed by atoms with van der Waals surface area (Å²) < 4.78 is 5.67. The molecule has 1 fully saturated rings. The summed E-state index contributed by atoms with van der Waals surface area (Å²) >= 11 is 0. The van der Waals surface area contributed by atoms with Crippen LogP contribution in [0.25, 0.3) is 0 Å². The van der Waals surface area contributed by atoms with Gasteiger partial charge in [-0.05, 0) is 55.5 Å². The van der Waals surface area contributed by atoms with Crippen LogP contribution >= 0.6 is 0 Å².